The van der Waals surface area contributed by atoms with E-state index in [4.69, 9.17) is 11.6 Å². The Kier molecular flexibility index (Phi) is 3.96. The molecule has 2 atom stereocenters. The van der Waals surface area contributed by atoms with Crippen molar-refractivity contribution in [3.05, 3.63) is 28.8 Å². The van der Waals surface area contributed by atoms with Crippen LogP contribution in [0.1, 0.15) is 31.2 Å². The normalized spacial score (nSPS) is 27.4. The van der Waals surface area contributed by atoms with Crippen LogP contribution in [0.3, 0.4) is 0 Å². The van der Waals surface area contributed by atoms with Crippen LogP contribution >= 0.6 is 11.6 Å². The van der Waals surface area contributed by atoms with Gasteiger partial charge in [-0.2, -0.15) is 0 Å². The fourth-order valence-corrected chi connectivity index (χ4v) is 3.62. The van der Waals surface area contributed by atoms with E-state index in [-0.39, 0.29) is 0 Å². The molecule has 19 heavy (non-hydrogen) atoms. The summed E-state index contributed by atoms with van der Waals surface area (Å²) in [4.78, 5) is 2.61. The molecule has 2 aliphatic rings. The second kappa shape index (κ2) is 5.70. The first-order valence-electron chi connectivity index (χ1n) is 7.19. The summed E-state index contributed by atoms with van der Waals surface area (Å²) < 4.78 is 0. The molecular formula is C15H21ClN2O. The number of benzene rings is 1. The number of halogens is 1. The summed E-state index contributed by atoms with van der Waals surface area (Å²) in [7, 11) is 0. The second-order valence-electron chi connectivity index (χ2n) is 5.65. The van der Waals surface area contributed by atoms with Crippen LogP contribution in [0.2, 0.25) is 5.02 Å². The number of piperidine rings is 1. The van der Waals surface area contributed by atoms with Crippen LogP contribution in [0.25, 0.3) is 0 Å². The topological polar surface area (TPSA) is 35.5 Å². The van der Waals surface area contributed by atoms with Crippen molar-refractivity contribution in [3.63, 3.8) is 0 Å². The molecule has 0 radical (unpaired) electrons. The van der Waals surface area contributed by atoms with Gasteiger partial charge in [0, 0.05) is 35.8 Å². The Balaban J connectivity index is 1.61. The van der Waals surface area contributed by atoms with E-state index in [9.17, 15) is 5.11 Å². The maximum atomic E-state index is 9.83. The average molecular weight is 281 g/mol. The highest BCUT2D eigenvalue weighted by molar-refractivity contribution is 6.30. The number of hydrogen-bond acceptors (Lipinski definition) is 3. The van der Waals surface area contributed by atoms with Crippen molar-refractivity contribution in [1.82, 2.24) is 10.2 Å². The summed E-state index contributed by atoms with van der Waals surface area (Å²) in [6, 6.07) is 6.48. The number of aromatic hydroxyl groups is 1. The molecule has 2 unspecified atom stereocenters. The van der Waals surface area contributed by atoms with Gasteiger partial charge in [-0.05, 0) is 44.0 Å². The van der Waals surface area contributed by atoms with E-state index >= 15 is 0 Å². The number of rotatable bonds is 3. The molecule has 1 aromatic carbocycles. The summed E-state index contributed by atoms with van der Waals surface area (Å²) in [5.41, 5.74) is 0.891. The highest BCUT2D eigenvalue weighted by atomic mass is 35.5. The number of nitrogens with one attached hydrogen (secondary N) is 1. The third kappa shape index (κ3) is 2.88. The number of hydrogen-bond donors (Lipinski definition) is 2. The quantitative estimate of drug-likeness (QED) is 0.894. The molecule has 0 aliphatic carbocycles. The minimum atomic E-state index is 0.329. The first-order chi connectivity index (χ1) is 9.24. The molecule has 4 heteroatoms. The number of phenols is 1. The minimum Gasteiger partial charge on any atom is -0.508 e. The SMILES string of the molecule is Oc1ccc(Cl)cc1CNC1CCN2CCCCC12. The average Bonchev–Trinajstić information content (AvgIpc) is 2.83. The number of phenolic OH excluding ortho intramolecular Hbond substituents is 1. The molecular weight excluding hydrogens is 260 g/mol. The van der Waals surface area contributed by atoms with Crippen LogP contribution in [0.15, 0.2) is 18.2 Å². The van der Waals surface area contributed by atoms with Gasteiger partial charge in [0.25, 0.3) is 0 Å². The van der Waals surface area contributed by atoms with Crippen molar-refractivity contribution in [3.8, 4) is 5.75 Å². The Hall–Kier alpha value is -0.770. The van der Waals surface area contributed by atoms with Gasteiger partial charge in [-0.1, -0.05) is 18.0 Å². The van der Waals surface area contributed by atoms with Gasteiger partial charge in [0.05, 0.1) is 0 Å². The first kappa shape index (κ1) is 13.2. The van der Waals surface area contributed by atoms with E-state index in [1.165, 1.54) is 38.8 Å². The lowest BCUT2D eigenvalue weighted by Gasteiger charge is -2.32. The van der Waals surface area contributed by atoms with Crippen LogP contribution in [-0.2, 0) is 6.54 Å². The predicted octanol–water partition coefficient (Wildman–Crippen LogP) is 2.76. The fourth-order valence-electron chi connectivity index (χ4n) is 3.42. The third-order valence-electron chi connectivity index (χ3n) is 4.45. The number of fused-ring (bicyclic) bond motifs is 1. The maximum absolute atomic E-state index is 9.83. The van der Waals surface area contributed by atoms with Gasteiger partial charge in [0.15, 0.2) is 0 Å². The molecule has 3 rings (SSSR count). The zero-order chi connectivity index (χ0) is 13.2. The smallest absolute Gasteiger partial charge is 0.120 e. The lowest BCUT2D eigenvalue weighted by molar-refractivity contribution is 0.180. The first-order valence-corrected chi connectivity index (χ1v) is 7.56. The summed E-state index contributed by atoms with van der Waals surface area (Å²) in [6.45, 7) is 3.16. The Bertz CT molecular complexity index is 452. The Labute approximate surface area is 119 Å². The van der Waals surface area contributed by atoms with Crippen molar-refractivity contribution >= 4 is 11.6 Å². The zero-order valence-electron chi connectivity index (χ0n) is 11.1. The molecule has 0 spiro atoms. The largest absolute Gasteiger partial charge is 0.508 e. The molecule has 0 saturated carbocycles. The van der Waals surface area contributed by atoms with E-state index in [0.29, 0.717) is 29.4 Å². The van der Waals surface area contributed by atoms with Gasteiger partial charge in [-0.15, -0.1) is 0 Å². The van der Waals surface area contributed by atoms with E-state index < -0.39 is 0 Å². The van der Waals surface area contributed by atoms with E-state index in [1.54, 1.807) is 12.1 Å². The predicted molar refractivity (Wildman–Crippen MR) is 77.6 cm³/mol. The Morgan fingerprint density at radius 2 is 2.16 bits per heavy atom. The lowest BCUT2D eigenvalue weighted by Crippen LogP contribution is -2.44. The summed E-state index contributed by atoms with van der Waals surface area (Å²) in [5, 5.41) is 14.1. The lowest BCUT2D eigenvalue weighted by atomic mass is 9.99. The van der Waals surface area contributed by atoms with Gasteiger partial charge in [-0.3, -0.25) is 4.90 Å². The van der Waals surface area contributed by atoms with Gasteiger partial charge in [0.2, 0.25) is 0 Å². The monoisotopic (exact) mass is 280 g/mol. The van der Waals surface area contributed by atoms with Crippen LogP contribution < -0.4 is 5.32 Å². The van der Waals surface area contributed by atoms with Gasteiger partial charge < -0.3 is 10.4 Å². The van der Waals surface area contributed by atoms with Crippen LogP contribution in [0, 0.1) is 0 Å². The second-order valence-corrected chi connectivity index (χ2v) is 6.08. The van der Waals surface area contributed by atoms with Crippen LogP contribution in [0.4, 0.5) is 0 Å². The van der Waals surface area contributed by atoms with Crippen molar-refractivity contribution in [1.29, 1.82) is 0 Å². The molecule has 3 nitrogen and oxygen atoms in total. The molecule has 104 valence electrons. The molecule has 0 amide bonds. The molecule has 0 bridgehead atoms. The van der Waals surface area contributed by atoms with Crippen LogP contribution in [-0.4, -0.2) is 35.2 Å². The molecule has 1 aromatic rings. The van der Waals surface area contributed by atoms with Crippen LogP contribution in [0.5, 0.6) is 5.75 Å². The highest BCUT2D eigenvalue weighted by Gasteiger charge is 2.34. The molecule has 2 N–H and O–H groups in total. The molecule has 2 heterocycles. The van der Waals surface area contributed by atoms with Gasteiger partial charge in [0.1, 0.15) is 5.75 Å². The Morgan fingerprint density at radius 1 is 1.26 bits per heavy atom. The fraction of sp³-hybridized carbons (Fsp3) is 0.600. The van der Waals surface area contributed by atoms with Crippen molar-refractivity contribution < 1.29 is 5.11 Å². The maximum Gasteiger partial charge on any atom is 0.120 e. The van der Waals surface area contributed by atoms with Gasteiger partial charge >= 0.3 is 0 Å². The highest BCUT2D eigenvalue weighted by Crippen LogP contribution is 2.28. The summed E-state index contributed by atoms with van der Waals surface area (Å²) >= 11 is 5.98. The van der Waals surface area contributed by atoms with Crippen molar-refractivity contribution in [2.45, 2.75) is 44.3 Å². The van der Waals surface area contributed by atoms with Crippen molar-refractivity contribution in [2.24, 2.45) is 0 Å². The zero-order valence-corrected chi connectivity index (χ0v) is 11.9. The summed E-state index contributed by atoms with van der Waals surface area (Å²) in [6.07, 6.45) is 5.21. The standard InChI is InChI=1S/C15H21ClN2O/c16-12-4-5-15(19)11(9-12)10-17-13-6-8-18-7-2-1-3-14(13)18/h4-5,9,13-14,17,19H,1-3,6-8,10H2. The van der Waals surface area contributed by atoms with E-state index in [2.05, 4.69) is 10.2 Å². The molecule has 2 fully saturated rings. The molecule has 2 saturated heterocycles. The van der Waals surface area contributed by atoms with Crippen molar-refractivity contribution in [2.75, 3.05) is 13.1 Å². The van der Waals surface area contributed by atoms with Gasteiger partial charge in [-0.25, -0.2) is 0 Å². The van der Waals surface area contributed by atoms with E-state index in [0.717, 1.165) is 5.56 Å². The van der Waals surface area contributed by atoms with E-state index in [1.807, 2.05) is 6.07 Å². The number of nitrogens with zero attached hydrogens (tertiary/aromatic N) is 1. The molecule has 2 aliphatic heterocycles. The Morgan fingerprint density at radius 3 is 3.05 bits per heavy atom. The molecule has 0 aromatic heterocycles. The minimum absolute atomic E-state index is 0.329. The third-order valence-corrected chi connectivity index (χ3v) is 4.69. The summed E-state index contributed by atoms with van der Waals surface area (Å²) in [5.74, 6) is 0.329.